The topological polar surface area (TPSA) is 0 Å². The fourth-order valence-corrected chi connectivity index (χ4v) is 4.19. The lowest BCUT2D eigenvalue weighted by molar-refractivity contribution is 0.312. The maximum atomic E-state index is 3.73. The second kappa shape index (κ2) is 9.57. The van der Waals surface area contributed by atoms with Crippen molar-refractivity contribution in [2.24, 2.45) is 5.92 Å². The molecular formula is C26H32. The van der Waals surface area contributed by atoms with E-state index < -0.39 is 0 Å². The molecule has 1 saturated carbocycles. The molecule has 3 rings (SSSR count). The molecule has 26 heavy (non-hydrogen) atoms. The van der Waals surface area contributed by atoms with Gasteiger partial charge >= 0.3 is 0 Å². The maximum Gasteiger partial charge on any atom is -0.0162 e. The summed E-state index contributed by atoms with van der Waals surface area (Å²) in [6, 6.07) is 18.3. The number of allylic oxidation sites excluding steroid dienone is 3. The van der Waals surface area contributed by atoms with Crippen LogP contribution in [-0.2, 0) is 6.42 Å². The Morgan fingerprint density at radius 2 is 1.50 bits per heavy atom. The van der Waals surface area contributed by atoms with Crippen LogP contribution in [0.3, 0.4) is 0 Å². The fourth-order valence-electron chi connectivity index (χ4n) is 4.19. The van der Waals surface area contributed by atoms with Gasteiger partial charge in [-0.1, -0.05) is 80.3 Å². The van der Waals surface area contributed by atoms with Crippen molar-refractivity contribution in [1.29, 1.82) is 0 Å². The van der Waals surface area contributed by atoms with Crippen LogP contribution >= 0.6 is 0 Å². The number of benzene rings is 2. The summed E-state index contributed by atoms with van der Waals surface area (Å²) in [4.78, 5) is 0. The minimum atomic E-state index is 0.756. The standard InChI is InChI=1S/C26H32/c1-3-5-6-7-8-22-11-15-24(16-12-22)26-19-17-25(18-20-26)23-13-9-21(4-2)10-14-23/h3,5-6,9-10,13-14,17-20,22,24H,1,4,7-8,11-12,15-16H2,2H3. The van der Waals surface area contributed by atoms with Gasteiger partial charge in [0, 0.05) is 0 Å². The zero-order valence-electron chi connectivity index (χ0n) is 16.2. The molecule has 0 spiro atoms. The van der Waals surface area contributed by atoms with Gasteiger partial charge in [-0.05, 0) is 79.0 Å². The average molecular weight is 345 g/mol. The highest BCUT2D eigenvalue weighted by Crippen LogP contribution is 2.38. The summed E-state index contributed by atoms with van der Waals surface area (Å²) in [5.41, 5.74) is 5.59. The molecule has 1 aliphatic rings. The second-order valence-corrected chi connectivity index (χ2v) is 7.63. The highest BCUT2D eigenvalue weighted by molar-refractivity contribution is 5.64. The molecule has 0 bridgehead atoms. The van der Waals surface area contributed by atoms with Crippen LogP contribution in [0.4, 0.5) is 0 Å². The second-order valence-electron chi connectivity index (χ2n) is 7.63. The summed E-state index contributed by atoms with van der Waals surface area (Å²) in [5, 5.41) is 0. The number of aryl methyl sites for hydroxylation is 1. The Kier molecular flexibility index (Phi) is 6.89. The first-order valence-corrected chi connectivity index (χ1v) is 10.3. The molecule has 0 saturated heterocycles. The van der Waals surface area contributed by atoms with E-state index in [9.17, 15) is 0 Å². The molecule has 0 nitrogen and oxygen atoms in total. The van der Waals surface area contributed by atoms with Crippen molar-refractivity contribution in [2.75, 3.05) is 0 Å². The third-order valence-corrected chi connectivity index (χ3v) is 5.94. The van der Waals surface area contributed by atoms with E-state index in [0.717, 1.165) is 18.3 Å². The van der Waals surface area contributed by atoms with Crippen LogP contribution in [0, 0.1) is 5.92 Å². The molecule has 0 N–H and O–H groups in total. The maximum absolute atomic E-state index is 3.73. The largest absolute Gasteiger partial charge is 0.0991 e. The Hall–Kier alpha value is -2.08. The van der Waals surface area contributed by atoms with Crippen molar-refractivity contribution in [2.45, 2.75) is 57.8 Å². The van der Waals surface area contributed by atoms with Crippen molar-refractivity contribution in [3.63, 3.8) is 0 Å². The first kappa shape index (κ1) is 18.7. The van der Waals surface area contributed by atoms with Gasteiger partial charge in [0.1, 0.15) is 0 Å². The summed E-state index contributed by atoms with van der Waals surface area (Å²) in [5.74, 6) is 1.67. The summed E-state index contributed by atoms with van der Waals surface area (Å²) in [7, 11) is 0. The van der Waals surface area contributed by atoms with E-state index >= 15 is 0 Å². The van der Waals surface area contributed by atoms with Crippen LogP contribution < -0.4 is 0 Å². The van der Waals surface area contributed by atoms with Gasteiger partial charge in [-0.15, -0.1) is 0 Å². The highest BCUT2D eigenvalue weighted by atomic mass is 14.3. The van der Waals surface area contributed by atoms with Gasteiger partial charge in [0.05, 0.1) is 0 Å². The molecule has 0 aliphatic heterocycles. The van der Waals surface area contributed by atoms with Gasteiger partial charge in [-0.3, -0.25) is 0 Å². The average Bonchev–Trinajstić information content (AvgIpc) is 2.72. The van der Waals surface area contributed by atoms with Crippen molar-refractivity contribution in [1.82, 2.24) is 0 Å². The molecule has 2 aromatic carbocycles. The number of hydrogen-bond acceptors (Lipinski definition) is 0. The van der Waals surface area contributed by atoms with Crippen LogP contribution in [0.1, 0.15) is 62.5 Å². The molecule has 136 valence electrons. The van der Waals surface area contributed by atoms with E-state index in [-0.39, 0.29) is 0 Å². The lowest BCUT2D eigenvalue weighted by atomic mass is 9.77. The molecule has 2 aromatic rings. The van der Waals surface area contributed by atoms with Crippen molar-refractivity contribution < 1.29 is 0 Å². The highest BCUT2D eigenvalue weighted by Gasteiger charge is 2.21. The molecule has 0 amide bonds. The number of hydrogen-bond donors (Lipinski definition) is 0. The SMILES string of the molecule is C=CC=CCCC1CCC(c2ccc(-c3ccc(CC)cc3)cc2)CC1. The summed E-state index contributed by atoms with van der Waals surface area (Å²) in [6.45, 7) is 5.94. The zero-order chi connectivity index (χ0) is 18.2. The van der Waals surface area contributed by atoms with Crippen LogP contribution in [-0.4, -0.2) is 0 Å². The van der Waals surface area contributed by atoms with E-state index in [1.54, 1.807) is 0 Å². The van der Waals surface area contributed by atoms with E-state index in [1.807, 2.05) is 6.08 Å². The molecule has 0 unspecified atom stereocenters. The lowest BCUT2D eigenvalue weighted by Gasteiger charge is -2.28. The smallest absolute Gasteiger partial charge is 0.0162 e. The van der Waals surface area contributed by atoms with E-state index in [4.69, 9.17) is 0 Å². The Balaban J connectivity index is 1.54. The van der Waals surface area contributed by atoms with Crippen molar-refractivity contribution in [3.8, 4) is 11.1 Å². The van der Waals surface area contributed by atoms with E-state index in [1.165, 1.54) is 60.8 Å². The Bertz CT molecular complexity index is 695. The first-order valence-electron chi connectivity index (χ1n) is 10.3. The Labute approximate surface area is 159 Å². The molecule has 1 aliphatic carbocycles. The number of rotatable bonds is 7. The molecule has 0 heterocycles. The van der Waals surface area contributed by atoms with Crippen LogP contribution in [0.5, 0.6) is 0 Å². The van der Waals surface area contributed by atoms with Crippen LogP contribution in [0.15, 0.2) is 73.3 Å². The zero-order valence-corrected chi connectivity index (χ0v) is 16.2. The van der Waals surface area contributed by atoms with Crippen molar-refractivity contribution >= 4 is 0 Å². The fraction of sp³-hybridized carbons (Fsp3) is 0.385. The quantitative estimate of drug-likeness (QED) is 0.451. The molecule has 0 radical (unpaired) electrons. The van der Waals surface area contributed by atoms with Gasteiger partial charge in [0.25, 0.3) is 0 Å². The van der Waals surface area contributed by atoms with E-state index in [0.29, 0.717) is 0 Å². The molecule has 0 aromatic heterocycles. The summed E-state index contributed by atoms with van der Waals surface area (Å²) in [6.07, 6.45) is 15.3. The predicted octanol–water partition coefficient (Wildman–Crippen LogP) is 7.71. The molecular weight excluding hydrogens is 312 g/mol. The minimum Gasteiger partial charge on any atom is -0.0991 e. The first-order chi connectivity index (χ1) is 12.8. The van der Waals surface area contributed by atoms with E-state index in [2.05, 4.69) is 74.2 Å². The van der Waals surface area contributed by atoms with Crippen LogP contribution in [0.2, 0.25) is 0 Å². The third kappa shape index (κ3) is 4.97. The van der Waals surface area contributed by atoms with Gasteiger partial charge in [0.2, 0.25) is 0 Å². The van der Waals surface area contributed by atoms with Gasteiger partial charge in [0.15, 0.2) is 0 Å². The van der Waals surface area contributed by atoms with Crippen molar-refractivity contribution in [3.05, 3.63) is 84.5 Å². The Morgan fingerprint density at radius 3 is 2.08 bits per heavy atom. The third-order valence-electron chi connectivity index (χ3n) is 5.94. The predicted molar refractivity (Wildman–Crippen MR) is 115 cm³/mol. The van der Waals surface area contributed by atoms with Gasteiger partial charge < -0.3 is 0 Å². The minimum absolute atomic E-state index is 0.756. The summed E-state index contributed by atoms with van der Waals surface area (Å²) >= 11 is 0. The molecule has 0 atom stereocenters. The monoisotopic (exact) mass is 344 g/mol. The Morgan fingerprint density at radius 1 is 0.885 bits per heavy atom. The molecule has 1 fully saturated rings. The normalized spacial score (nSPS) is 20.3. The van der Waals surface area contributed by atoms with Gasteiger partial charge in [-0.2, -0.15) is 0 Å². The lowest BCUT2D eigenvalue weighted by Crippen LogP contribution is -2.13. The van der Waals surface area contributed by atoms with Crippen LogP contribution in [0.25, 0.3) is 11.1 Å². The van der Waals surface area contributed by atoms with Gasteiger partial charge in [-0.25, -0.2) is 0 Å². The molecule has 0 heteroatoms. The summed E-state index contributed by atoms with van der Waals surface area (Å²) < 4.78 is 0.